The summed E-state index contributed by atoms with van der Waals surface area (Å²) >= 11 is 0. The lowest BCUT2D eigenvalue weighted by Crippen LogP contribution is -2.29. The van der Waals surface area contributed by atoms with Crippen molar-refractivity contribution in [1.29, 1.82) is 0 Å². The first-order valence-electron chi connectivity index (χ1n) is 6.62. The topological polar surface area (TPSA) is 29.1 Å². The van der Waals surface area contributed by atoms with Gasteiger partial charge >= 0.3 is 6.18 Å². The molecule has 0 fully saturated rings. The number of amides is 1. The number of carbonyl (C=O) groups is 1. The lowest BCUT2D eigenvalue weighted by atomic mass is 10.0. The van der Waals surface area contributed by atoms with Crippen molar-refractivity contribution in [1.82, 2.24) is 5.32 Å². The minimum absolute atomic E-state index is 0.238. The molecule has 23 heavy (non-hydrogen) atoms. The van der Waals surface area contributed by atoms with Gasteiger partial charge in [0.1, 0.15) is 0 Å². The van der Waals surface area contributed by atoms with Crippen molar-refractivity contribution in [2.45, 2.75) is 19.1 Å². The molecule has 0 radical (unpaired) electrons. The number of hydrogen-bond acceptors (Lipinski definition) is 1. The average Bonchev–Trinajstić information content (AvgIpc) is 2.49. The van der Waals surface area contributed by atoms with Gasteiger partial charge in [0, 0.05) is 0 Å². The van der Waals surface area contributed by atoms with Crippen molar-refractivity contribution in [3.05, 3.63) is 70.8 Å². The summed E-state index contributed by atoms with van der Waals surface area (Å²) in [5.41, 5.74) is -1.36. The van der Waals surface area contributed by atoms with Gasteiger partial charge in [0.2, 0.25) is 0 Å². The molecule has 0 saturated carbocycles. The van der Waals surface area contributed by atoms with E-state index in [1.807, 2.05) is 0 Å². The van der Waals surface area contributed by atoms with Gasteiger partial charge in [-0.2, -0.15) is 13.2 Å². The van der Waals surface area contributed by atoms with Crippen LogP contribution in [0.2, 0.25) is 0 Å². The van der Waals surface area contributed by atoms with E-state index in [-0.39, 0.29) is 5.56 Å². The molecule has 0 aliphatic carbocycles. The maximum Gasteiger partial charge on any atom is 0.417 e. The van der Waals surface area contributed by atoms with Crippen molar-refractivity contribution in [2.24, 2.45) is 0 Å². The Balaban J connectivity index is 2.24. The first-order valence-corrected chi connectivity index (χ1v) is 6.62. The van der Waals surface area contributed by atoms with Crippen LogP contribution in [0.25, 0.3) is 0 Å². The molecule has 0 unspecified atom stereocenters. The number of benzene rings is 2. The Morgan fingerprint density at radius 2 is 1.70 bits per heavy atom. The minimum Gasteiger partial charge on any atom is -0.346 e. The predicted molar refractivity (Wildman–Crippen MR) is 73.7 cm³/mol. The molecule has 2 aromatic carbocycles. The van der Waals surface area contributed by atoms with Gasteiger partial charge in [-0.1, -0.05) is 18.2 Å². The molecular weight excluding hydrogens is 317 g/mol. The number of alkyl halides is 3. The quantitative estimate of drug-likeness (QED) is 0.827. The van der Waals surface area contributed by atoms with Gasteiger partial charge in [0.25, 0.3) is 5.91 Å². The van der Waals surface area contributed by atoms with Crippen LogP contribution in [0.5, 0.6) is 0 Å². The van der Waals surface area contributed by atoms with Gasteiger partial charge in [0.15, 0.2) is 11.6 Å². The van der Waals surface area contributed by atoms with E-state index in [0.29, 0.717) is 0 Å². The molecule has 0 spiro atoms. The van der Waals surface area contributed by atoms with E-state index in [4.69, 9.17) is 0 Å². The minimum atomic E-state index is -4.67. The number of halogens is 5. The molecule has 0 saturated heterocycles. The first-order chi connectivity index (χ1) is 10.7. The molecule has 0 bridgehead atoms. The summed E-state index contributed by atoms with van der Waals surface area (Å²) < 4.78 is 64.8. The second-order valence-corrected chi connectivity index (χ2v) is 4.91. The van der Waals surface area contributed by atoms with E-state index >= 15 is 0 Å². The lowest BCUT2D eigenvalue weighted by Gasteiger charge is -2.17. The van der Waals surface area contributed by atoms with Crippen LogP contribution in [-0.2, 0) is 6.18 Å². The van der Waals surface area contributed by atoms with Crippen LogP contribution in [-0.4, -0.2) is 5.91 Å². The summed E-state index contributed by atoms with van der Waals surface area (Å²) in [6, 6.07) is 6.57. The van der Waals surface area contributed by atoms with Gasteiger partial charge < -0.3 is 5.32 Å². The molecule has 1 N–H and O–H groups in total. The summed E-state index contributed by atoms with van der Waals surface area (Å²) in [6.45, 7) is 1.46. The fraction of sp³-hybridized carbons (Fsp3) is 0.188. The molecule has 2 aromatic rings. The Bertz CT molecular complexity index is 727. The monoisotopic (exact) mass is 329 g/mol. The van der Waals surface area contributed by atoms with Gasteiger partial charge in [-0.3, -0.25) is 4.79 Å². The van der Waals surface area contributed by atoms with Crippen LogP contribution in [0.3, 0.4) is 0 Å². The molecule has 1 atom stereocenters. The second kappa shape index (κ2) is 6.36. The summed E-state index contributed by atoms with van der Waals surface area (Å²) in [7, 11) is 0. The summed E-state index contributed by atoms with van der Waals surface area (Å²) in [5.74, 6) is -3.09. The smallest absolute Gasteiger partial charge is 0.346 e. The molecular formula is C16H12F5NO. The Labute approximate surface area is 128 Å². The molecule has 122 valence electrons. The Morgan fingerprint density at radius 1 is 1.04 bits per heavy atom. The zero-order valence-electron chi connectivity index (χ0n) is 11.9. The van der Waals surface area contributed by atoms with Gasteiger partial charge in [-0.15, -0.1) is 0 Å². The summed E-state index contributed by atoms with van der Waals surface area (Å²) in [5, 5.41) is 2.34. The van der Waals surface area contributed by atoms with Crippen LogP contribution in [0.1, 0.15) is 34.5 Å². The van der Waals surface area contributed by atoms with E-state index in [2.05, 4.69) is 5.32 Å². The third kappa shape index (κ3) is 3.85. The highest BCUT2D eigenvalue weighted by Crippen LogP contribution is 2.32. The Kier molecular flexibility index (Phi) is 4.68. The third-order valence-corrected chi connectivity index (χ3v) is 3.27. The molecule has 2 nitrogen and oxygen atoms in total. The third-order valence-electron chi connectivity index (χ3n) is 3.27. The normalized spacial score (nSPS) is 12.8. The van der Waals surface area contributed by atoms with E-state index in [1.165, 1.54) is 25.1 Å². The molecule has 2 rings (SSSR count). The van der Waals surface area contributed by atoms with Crippen molar-refractivity contribution in [3.8, 4) is 0 Å². The highest BCUT2D eigenvalue weighted by molar-refractivity contribution is 5.96. The second-order valence-electron chi connectivity index (χ2n) is 4.91. The maximum absolute atomic E-state index is 13.2. The summed E-state index contributed by atoms with van der Waals surface area (Å²) in [4.78, 5) is 12.1. The zero-order chi connectivity index (χ0) is 17.2. The van der Waals surface area contributed by atoms with E-state index in [0.717, 1.165) is 24.3 Å². The number of carbonyl (C=O) groups excluding carboxylic acids is 1. The first kappa shape index (κ1) is 16.9. The number of rotatable bonds is 3. The molecule has 7 heteroatoms. The van der Waals surface area contributed by atoms with Crippen LogP contribution >= 0.6 is 0 Å². The van der Waals surface area contributed by atoms with Crippen LogP contribution < -0.4 is 5.32 Å². The standard InChI is InChI=1S/C16H12F5NO/c1-9(10-6-7-13(17)14(18)8-10)22-15(23)11-4-2-3-5-12(11)16(19,20)21/h2-9H,1H3,(H,22,23)/t9-/m1/s1. The molecule has 1 amide bonds. The molecule has 0 aliphatic rings. The fourth-order valence-corrected chi connectivity index (χ4v) is 2.07. The Morgan fingerprint density at radius 3 is 2.30 bits per heavy atom. The van der Waals surface area contributed by atoms with E-state index in [1.54, 1.807) is 0 Å². The molecule has 0 aromatic heterocycles. The highest BCUT2D eigenvalue weighted by atomic mass is 19.4. The Hall–Kier alpha value is -2.44. The number of nitrogens with one attached hydrogen (secondary N) is 1. The SMILES string of the molecule is C[C@@H](NC(=O)c1ccccc1C(F)(F)F)c1ccc(F)c(F)c1. The summed E-state index contributed by atoms with van der Waals surface area (Å²) in [6.07, 6.45) is -4.67. The van der Waals surface area contributed by atoms with E-state index in [9.17, 15) is 26.7 Å². The zero-order valence-corrected chi connectivity index (χ0v) is 11.9. The van der Waals surface area contributed by atoms with Gasteiger partial charge in [0.05, 0.1) is 17.2 Å². The van der Waals surface area contributed by atoms with Crippen molar-refractivity contribution in [3.63, 3.8) is 0 Å². The predicted octanol–water partition coefficient (Wildman–Crippen LogP) is 4.47. The van der Waals surface area contributed by atoms with E-state index < -0.39 is 40.9 Å². The highest BCUT2D eigenvalue weighted by Gasteiger charge is 2.35. The average molecular weight is 329 g/mol. The van der Waals surface area contributed by atoms with Crippen molar-refractivity contribution < 1.29 is 26.7 Å². The van der Waals surface area contributed by atoms with Crippen LogP contribution in [0.15, 0.2) is 42.5 Å². The largest absolute Gasteiger partial charge is 0.417 e. The molecule has 0 heterocycles. The maximum atomic E-state index is 13.2. The lowest BCUT2D eigenvalue weighted by molar-refractivity contribution is -0.137. The molecule has 0 aliphatic heterocycles. The van der Waals surface area contributed by atoms with Gasteiger partial charge in [-0.05, 0) is 36.8 Å². The van der Waals surface area contributed by atoms with Crippen molar-refractivity contribution >= 4 is 5.91 Å². The van der Waals surface area contributed by atoms with Gasteiger partial charge in [-0.25, -0.2) is 8.78 Å². The van der Waals surface area contributed by atoms with Crippen molar-refractivity contribution in [2.75, 3.05) is 0 Å². The number of hydrogen-bond donors (Lipinski definition) is 1. The van der Waals surface area contributed by atoms with Crippen LogP contribution in [0.4, 0.5) is 22.0 Å². The fourth-order valence-electron chi connectivity index (χ4n) is 2.07. The van der Waals surface area contributed by atoms with Crippen LogP contribution in [0, 0.1) is 11.6 Å².